The van der Waals surface area contributed by atoms with Gasteiger partial charge in [-0.2, -0.15) is 13.2 Å². The molecule has 3 N–H and O–H groups in total. The lowest BCUT2D eigenvalue weighted by atomic mass is 10.2. The maximum absolute atomic E-state index is 13.0. The molecule has 0 unspecified atom stereocenters. The van der Waals surface area contributed by atoms with Crippen LogP contribution in [0.3, 0.4) is 0 Å². The number of aromatic nitrogens is 1. The number of alkyl halides is 3. The van der Waals surface area contributed by atoms with E-state index in [2.05, 4.69) is 32.0 Å². The van der Waals surface area contributed by atoms with Gasteiger partial charge in [-0.3, -0.25) is 19.8 Å². The summed E-state index contributed by atoms with van der Waals surface area (Å²) in [6.07, 6.45) is -4.61. The Morgan fingerprint density at radius 3 is 2.25 bits per heavy atom. The topological polar surface area (TPSA) is 92.2 Å². The number of halogens is 4. The van der Waals surface area contributed by atoms with Crippen LogP contribution in [0.1, 0.15) is 21.6 Å². The van der Waals surface area contributed by atoms with Gasteiger partial charge in [0.25, 0.3) is 5.91 Å². The highest BCUT2D eigenvalue weighted by molar-refractivity contribution is 9.10. The van der Waals surface area contributed by atoms with Gasteiger partial charge in [0, 0.05) is 21.2 Å². The van der Waals surface area contributed by atoms with Gasteiger partial charge in [0.2, 0.25) is 0 Å². The molecule has 36 heavy (non-hydrogen) atoms. The molecule has 1 aromatic heterocycles. The summed E-state index contributed by atoms with van der Waals surface area (Å²) in [6, 6.07) is 17.6. The Labute approximate surface area is 211 Å². The molecule has 0 aliphatic rings. The lowest BCUT2D eigenvalue weighted by Crippen LogP contribution is -2.36. The van der Waals surface area contributed by atoms with Crippen LogP contribution in [-0.2, 0) is 15.8 Å². The summed E-state index contributed by atoms with van der Waals surface area (Å²) in [5.74, 6) is -2.94. The molecule has 0 aliphatic carbocycles. The zero-order chi connectivity index (χ0) is 26.0. The highest BCUT2D eigenvalue weighted by Crippen LogP contribution is 2.30. The SMILES string of the molecule is Cc1ccc(NC(=O)c2cc3cc(Br)ccc3n2NC(=O)C(=O)Nc2cccc(C(F)(F)F)c2)cc1. The fourth-order valence-electron chi connectivity index (χ4n) is 3.42. The Balaban J connectivity index is 1.60. The minimum atomic E-state index is -4.61. The molecule has 1 heterocycles. The summed E-state index contributed by atoms with van der Waals surface area (Å²) in [6.45, 7) is 1.90. The predicted octanol–water partition coefficient (Wildman–Crippen LogP) is 5.69. The number of amides is 3. The third-order valence-electron chi connectivity index (χ3n) is 5.17. The zero-order valence-electron chi connectivity index (χ0n) is 18.6. The number of nitrogens with one attached hydrogen (secondary N) is 3. The first-order valence-corrected chi connectivity index (χ1v) is 11.3. The van der Waals surface area contributed by atoms with Gasteiger partial charge in [0.05, 0.1) is 11.1 Å². The number of carbonyl (C=O) groups is 3. The number of anilines is 2. The second-order valence-corrected chi connectivity index (χ2v) is 8.78. The van der Waals surface area contributed by atoms with E-state index in [1.807, 2.05) is 19.1 Å². The van der Waals surface area contributed by atoms with Crippen molar-refractivity contribution >= 4 is 55.9 Å². The van der Waals surface area contributed by atoms with E-state index in [1.165, 1.54) is 12.1 Å². The van der Waals surface area contributed by atoms with E-state index in [1.54, 1.807) is 30.3 Å². The van der Waals surface area contributed by atoms with Gasteiger partial charge in [-0.25, -0.2) is 4.68 Å². The average Bonchev–Trinajstić information content (AvgIpc) is 3.17. The minimum absolute atomic E-state index is 0.0314. The van der Waals surface area contributed by atoms with Gasteiger partial charge in [-0.1, -0.05) is 39.7 Å². The van der Waals surface area contributed by atoms with Crippen molar-refractivity contribution in [2.75, 3.05) is 16.1 Å². The van der Waals surface area contributed by atoms with Gasteiger partial charge in [-0.15, -0.1) is 0 Å². The summed E-state index contributed by atoms with van der Waals surface area (Å²) in [4.78, 5) is 38.2. The highest BCUT2D eigenvalue weighted by Gasteiger charge is 2.30. The Kier molecular flexibility index (Phi) is 6.84. The van der Waals surface area contributed by atoms with Crippen LogP contribution < -0.4 is 16.1 Å². The van der Waals surface area contributed by atoms with Gasteiger partial charge < -0.3 is 10.6 Å². The van der Waals surface area contributed by atoms with Crippen molar-refractivity contribution in [3.05, 3.63) is 94.1 Å². The molecule has 0 aliphatic heterocycles. The number of hydrogen-bond donors (Lipinski definition) is 3. The number of hydrogen-bond acceptors (Lipinski definition) is 3. The van der Waals surface area contributed by atoms with Crippen LogP contribution in [0.4, 0.5) is 24.5 Å². The largest absolute Gasteiger partial charge is 0.416 e. The molecule has 0 saturated heterocycles. The quantitative estimate of drug-likeness (QED) is 0.281. The number of benzene rings is 3. The average molecular weight is 559 g/mol. The van der Waals surface area contributed by atoms with Gasteiger partial charge in [-0.05, 0) is 61.5 Å². The summed E-state index contributed by atoms with van der Waals surface area (Å²) < 4.78 is 40.7. The molecule has 7 nitrogen and oxygen atoms in total. The van der Waals surface area contributed by atoms with Crippen LogP contribution in [-0.4, -0.2) is 22.4 Å². The second kappa shape index (κ2) is 9.86. The highest BCUT2D eigenvalue weighted by atomic mass is 79.9. The van der Waals surface area contributed by atoms with E-state index >= 15 is 0 Å². The number of nitrogens with zero attached hydrogens (tertiary/aromatic N) is 1. The molecule has 4 aromatic rings. The van der Waals surface area contributed by atoms with Crippen LogP contribution in [0, 0.1) is 6.92 Å². The van der Waals surface area contributed by atoms with Crippen LogP contribution in [0.25, 0.3) is 10.9 Å². The van der Waals surface area contributed by atoms with Crippen LogP contribution in [0.2, 0.25) is 0 Å². The molecular weight excluding hydrogens is 541 g/mol. The van der Waals surface area contributed by atoms with Crippen molar-refractivity contribution in [1.82, 2.24) is 4.68 Å². The van der Waals surface area contributed by atoms with Gasteiger partial charge >= 0.3 is 18.0 Å². The summed E-state index contributed by atoms with van der Waals surface area (Å²) in [7, 11) is 0. The van der Waals surface area contributed by atoms with E-state index in [0.29, 0.717) is 22.7 Å². The Hall–Kier alpha value is -4.12. The maximum atomic E-state index is 13.0. The van der Waals surface area contributed by atoms with Crippen molar-refractivity contribution in [2.45, 2.75) is 13.1 Å². The van der Waals surface area contributed by atoms with Crippen molar-refractivity contribution in [3.63, 3.8) is 0 Å². The molecular formula is C25H18BrF3N4O3. The third-order valence-corrected chi connectivity index (χ3v) is 5.67. The summed E-state index contributed by atoms with van der Waals surface area (Å²) in [5, 5.41) is 5.47. The molecule has 0 radical (unpaired) electrons. The maximum Gasteiger partial charge on any atom is 0.416 e. The normalized spacial score (nSPS) is 11.2. The number of fused-ring (bicyclic) bond motifs is 1. The first-order chi connectivity index (χ1) is 17.0. The second-order valence-electron chi connectivity index (χ2n) is 7.86. The molecule has 3 aromatic carbocycles. The van der Waals surface area contributed by atoms with E-state index in [9.17, 15) is 27.6 Å². The van der Waals surface area contributed by atoms with Crippen LogP contribution in [0.5, 0.6) is 0 Å². The molecule has 0 fully saturated rings. The molecule has 184 valence electrons. The van der Waals surface area contributed by atoms with Crippen molar-refractivity contribution in [2.24, 2.45) is 0 Å². The van der Waals surface area contributed by atoms with Crippen molar-refractivity contribution < 1.29 is 27.6 Å². The van der Waals surface area contributed by atoms with E-state index in [0.717, 1.165) is 26.8 Å². The number of carbonyl (C=O) groups excluding carboxylic acids is 3. The summed E-state index contributed by atoms with van der Waals surface area (Å²) in [5.41, 5.74) is 3.17. The van der Waals surface area contributed by atoms with Crippen molar-refractivity contribution in [1.29, 1.82) is 0 Å². The third kappa shape index (κ3) is 5.57. The van der Waals surface area contributed by atoms with E-state index < -0.39 is 29.5 Å². The van der Waals surface area contributed by atoms with Crippen LogP contribution >= 0.6 is 15.9 Å². The molecule has 0 spiro atoms. The number of rotatable bonds is 4. The van der Waals surface area contributed by atoms with E-state index in [4.69, 9.17) is 0 Å². The Morgan fingerprint density at radius 2 is 1.56 bits per heavy atom. The molecule has 11 heteroatoms. The van der Waals surface area contributed by atoms with Crippen molar-refractivity contribution in [3.8, 4) is 0 Å². The first-order valence-electron chi connectivity index (χ1n) is 10.5. The Bertz CT molecular complexity index is 1480. The summed E-state index contributed by atoms with van der Waals surface area (Å²) >= 11 is 3.35. The monoisotopic (exact) mass is 558 g/mol. The fraction of sp³-hybridized carbons (Fsp3) is 0.0800. The number of aryl methyl sites for hydroxylation is 1. The molecule has 0 saturated carbocycles. The first kappa shape index (κ1) is 25.0. The molecule has 4 rings (SSSR count). The van der Waals surface area contributed by atoms with E-state index in [-0.39, 0.29) is 11.4 Å². The molecule has 0 bridgehead atoms. The lowest BCUT2D eigenvalue weighted by Gasteiger charge is -2.13. The molecule has 3 amide bonds. The zero-order valence-corrected chi connectivity index (χ0v) is 20.2. The Morgan fingerprint density at radius 1 is 0.833 bits per heavy atom. The van der Waals surface area contributed by atoms with Gasteiger partial charge in [0.1, 0.15) is 5.69 Å². The fourth-order valence-corrected chi connectivity index (χ4v) is 3.80. The lowest BCUT2D eigenvalue weighted by molar-refractivity contribution is -0.137. The minimum Gasteiger partial charge on any atom is -0.321 e. The standard InChI is InChI=1S/C25H18BrF3N4O3/c1-14-5-8-18(9-6-14)30-22(34)21-12-15-11-17(26)7-10-20(15)33(21)32-24(36)23(35)31-19-4-2-3-16(13-19)25(27,28)29/h2-13H,1H3,(H,30,34)(H,31,35)(H,32,36). The van der Waals surface area contributed by atoms with Crippen LogP contribution in [0.15, 0.2) is 77.3 Å². The molecule has 0 atom stereocenters. The van der Waals surface area contributed by atoms with Gasteiger partial charge in [0.15, 0.2) is 0 Å². The predicted molar refractivity (Wildman–Crippen MR) is 133 cm³/mol. The smallest absolute Gasteiger partial charge is 0.321 e.